The minimum atomic E-state index is -0.630. The van der Waals surface area contributed by atoms with Gasteiger partial charge in [0.2, 0.25) is 5.91 Å². The molecule has 0 spiro atoms. The number of hydrogen-bond acceptors (Lipinski definition) is 5. The number of hydrogen-bond donors (Lipinski definition) is 1. The quantitative estimate of drug-likeness (QED) is 0.536. The van der Waals surface area contributed by atoms with Crippen LogP contribution < -0.4 is 5.32 Å². The van der Waals surface area contributed by atoms with Gasteiger partial charge in [0, 0.05) is 10.1 Å². The van der Waals surface area contributed by atoms with E-state index in [1.165, 1.54) is 12.0 Å². The van der Waals surface area contributed by atoms with Crippen LogP contribution in [0.3, 0.4) is 0 Å². The molecule has 26 heavy (non-hydrogen) atoms. The number of rotatable bonds is 3. The number of esters is 1. The Morgan fingerprint density at radius 1 is 1.27 bits per heavy atom. The molecule has 0 radical (unpaired) electrons. The number of methoxy groups -OCH3 is 1. The van der Waals surface area contributed by atoms with Crippen LogP contribution in [0.2, 0.25) is 0 Å². The molecular formula is C18H23IN2O5. The lowest BCUT2D eigenvalue weighted by atomic mass is 10.1. The number of amides is 2. The molecule has 0 aromatic heterocycles. The van der Waals surface area contributed by atoms with Crippen molar-refractivity contribution in [2.24, 2.45) is 0 Å². The summed E-state index contributed by atoms with van der Waals surface area (Å²) in [6.07, 6.45) is 0.752. The summed E-state index contributed by atoms with van der Waals surface area (Å²) < 4.78 is 11.0. The topological polar surface area (TPSA) is 84.9 Å². The molecule has 8 heteroatoms. The number of halogens is 1. The number of likely N-dealkylation sites (tertiary alicyclic amines) is 1. The van der Waals surface area contributed by atoms with E-state index in [0.717, 1.165) is 3.57 Å². The average Bonchev–Trinajstić information content (AvgIpc) is 3.04. The fourth-order valence-electron chi connectivity index (χ4n) is 2.70. The molecule has 142 valence electrons. The summed E-state index contributed by atoms with van der Waals surface area (Å²) in [6, 6.07) is 4.44. The highest BCUT2D eigenvalue weighted by atomic mass is 127. The van der Waals surface area contributed by atoms with Crippen LogP contribution in [-0.4, -0.2) is 48.2 Å². The molecule has 1 aliphatic rings. The van der Waals surface area contributed by atoms with Crippen molar-refractivity contribution in [2.45, 2.75) is 45.3 Å². The number of carbonyl (C=O) groups is 3. The zero-order valence-corrected chi connectivity index (χ0v) is 17.5. The van der Waals surface area contributed by atoms with Gasteiger partial charge in [0.25, 0.3) is 0 Å². The summed E-state index contributed by atoms with van der Waals surface area (Å²) in [5, 5.41) is 2.75. The van der Waals surface area contributed by atoms with Crippen LogP contribution in [0, 0.1) is 3.57 Å². The fraction of sp³-hybridized carbons (Fsp3) is 0.500. The van der Waals surface area contributed by atoms with E-state index in [1.807, 2.05) is 0 Å². The second-order valence-corrected chi connectivity index (χ2v) is 8.25. The van der Waals surface area contributed by atoms with Gasteiger partial charge >= 0.3 is 12.1 Å². The van der Waals surface area contributed by atoms with Crippen molar-refractivity contribution < 1.29 is 23.9 Å². The summed E-state index contributed by atoms with van der Waals surface area (Å²) >= 11 is 2.08. The highest BCUT2D eigenvalue weighted by Crippen LogP contribution is 2.24. The van der Waals surface area contributed by atoms with Gasteiger partial charge in [0.05, 0.1) is 18.4 Å². The van der Waals surface area contributed by atoms with E-state index in [0.29, 0.717) is 25.1 Å². The van der Waals surface area contributed by atoms with Crippen LogP contribution in [0.5, 0.6) is 0 Å². The maximum absolute atomic E-state index is 12.7. The van der Waals surface area contributed by atoms with Gasteiger partial charge in [-0.1, -0.05) is 0 Å². The Bertz CT molecular complexity index is 714. The monoisotopic (exact) mass is 474 g/mol. The standard InChI is InChI=1S/C18H23IN2O5/c1-18(2,3)26-17(24)21-9-5-6-14(21)15(22)20-13-8-7-11(19)10-12(13)16(23)25-4/h7-8,10,14H,5-6,9H2,1-4H3,(H,20,22)/t14-/m0/s1. The first-order chi connectivity index (χ1) is 12.1. The molecular weight excluding hydrogens is 451 g/mol. The van der Waals surface area contributed by atoms with E-state index >= 15 is 0 Å². The number of benzene rings is 1. The molecule has 2 rings (SSSR count). The van der Waals surface area contributed by atoms with Gasteiger partial charge in [-0.3, -0.25) is 9.69 Å². The highest BCUT2D eigenvalue weighted by Gasteiger charge is 2.37. The van der Waals surface area contributed by atoms with E-state index in [1.54, 1.807) is 39.0 Å². The predicted octanol–water partition coefficient (Wildman–Crippen LogP) is 3.42. The number of carbonyl (C=O) groups excluding carboxylic acids is 3. The zero-order chi connectivity index (χ0) is 19.5. The lowest BCUT2D eigenvalue weighted by Crippen LogP contribution is -2.45. The molecule has 0 unspecified atom stereocenters. The third kappa shape index (κ3) is 5.09. The van der Waals surface area contributed by atoms with Crippen molar-refractivity contribution >= 4 is 46.2 Å². The van der Waals surface area contributed by atoms with E-state index in [9.17, 15) is 14.4 Å². The third-order valence-corrected chi connectivity index (χ3v) is 4.50. The second kappa shape index (κ2) is 8.24. The average molecular weight is 474 g/mol. The molecule has 1 aromatic rings. The number of nitrogens with one attached hydrogen (secondary N) is 1. The minimum Gasteiger partial charge on any atom is -0.465 e. The highest BCUT2D eigenvalue weighted by molar-refractivity contribution is 14.1. The van der Waals surface area contributed by atoms with Crippen LogP contribution in [0.4, 0.5) is 10.5 Å². The van der Waals surface area contributed by atoms with Crippen molar-refractivity contribution in [3.05, 3.63) is 27.3 Å². The van der Waals surface area contributed by atoms with Crippen LogP contribution in [0.25, 0.3) is 0 Å². The van der Waals surface area contributed by atoms with Crippen molar-refractivity contribution in [1.29, 1.82) is 0 Å². The van der Waals surface area contributed by atoms with Crippen molar-refractivity contribution in [3.8, 4) is 0 Å². The van der Waals surface area contributed by atoms with Crippen molar-refractivity contribution in [1.82, 2.24) is 4.90 Å². The van der Waals surface area contributed by atoms with Gasteiger partial charge in [-0.05, 0) is 74.4 Å². The number of ether oxygens (including phenoxy) is 2. The Balaban J connectivity index is 2.17. The minimum absolute atomic E-state index is 0.273. The first kappa shape index (κ1) is 20.5. The van der Waals surface area contributed by atoms with Crippen LogP contribution in [-0.2, 0) is 14.3 Å². The number of nitrogens with zero attached hydrogens (tertiary/aromatic N) is 1. The Morgan fingerprint density at radius 2 is 1.96 bits per heavy atom. The Kier molecular flexibility index (Phi) is 6.48. The lowest BCUT2D eigenvalue weighted by molar-refractivity contribution is -0.120. The van der Waals surface area contributed by atoms with Gasteiger partial charge in [0.15, 0.2) is 0 Å². The summed E-state index contributed by atoms with van der Waals surface area (Å²) in [6.45, 7) is 5.81. The van der Waals surface area contributed by atoms with Gasteiger partial charge in [-0.25, -0.2) is 9.59 Å². The molecule has 0 bridgehead atoms. The molecule has 1 N–H and O–H groups in total. The SMILES string of the molecule is COC(=O)c1cc(I)ccc1NC(=O)[C@@H]1CCCN1C(=O)OC(C)(C)C. The number of anilines is 1. The van der Waals surface area contributed by atoms with Gasteiger partial charge in [-0.15, -0.1) is 0 Å². The molecule has 0 saturated carbocycles. The molecule has 1 heterocycles. The maximum atomic E-state index is 12.7. The van der Waals surface area contributed by atoms with Crippen LogP contribution in [0.15, 0.2) is 18.2 Å². The summed E-state index contributed by atoms with van der Waals surface area (Å²) in [4.78, 5) is 38.5. The Morgan fingerprint density at radius 3 is 2.58 bits per heavy atom. The van der Waals surface area contributed by atoms with E-state index < -0.39 is 23.7 Å². The van der Waals surface area contributed by atoms with E-state index in [-0.39, 0.29) is 11.5 Å². The summed E-state index contributed by atoms with van der Waals surface area (Å²) in [5.74, 6) is -0.881. The lowest BCUT2D eigenvalue weighted by Gasteiger charge is -2.28. The second-order valence-electron chi connectivity index (χ2n) is 7.00. The Labute approximate surface area is 166 Å². The first-order valence-electron chi connectivity index (χ1n) is 8.30. The Hall–Kier alpha value is -1.84. The largest absolute Gasteiger partial charge is 0.465 e. The smallest absolute Gasteiger partial charge is 0.410 e. The van der Waals surface area contributed by atoms with Gasteiger partial charge in [-0.2, -0.15) is 0 Å². The maximum Gasteiger partial charge on any atom is 0.410 e. The molecule has 1 atom stereocenters. The molecule has 1 fully saturated rings. The fourth-order valence-corrected chi connectivity index (χ4v) is 3.19. The van der Waals surface area contributed by atoms with Crippen LogP contribution in [0.1, 0.15) is 44.0 Å². The first-order valence-corrected chi connectivity index (χ1v) is 9.38. The zero-order valence-electron chi connectivity index (χ0n) is 15.3. The van der Waals surface area contributed by atoms with Crippen molar-refractivity contribution in [2.75, 3.05) is 19.0 Å². The molecule has 0 aliphatic carbocycles. The molecule has 2 amide bonds. The summed E-state index contributed by atoms with van der Waals surface area (Å²) in [7, 11) is 1.29. The van der Waals surface area contributed by atoms with Gasteiger partial charge in [0.1, 0.15) is 11.6 Å². The van der Waals surface area contributed by atoms with Gasteiger partial charge < -0.3 is 14.8 Å². The molecule has 1 aromatic carbocycles. The van der Waals surface area contributed by atoms with E-state index in [2.05, 4.69) is 27.9 Å². The summed E-state index contributed by atoms with van der Waals surface area (Å²) in [5.41, 5.74) is 0.00220. The van der Waals surface area contributed by atoms with E-state index in [4.69, 9.17) is 9.47 Å². The molecule has 1 aliphatic heterocycles. The molecule has 1 saturated heterocycles. The predicted molar refractivity (Wildman–Crippen MR) is 105 cm³/mol. The normalized spacial score (nSPS) is 17.0. The van der Waals surface area contributed by atoms with Crippen LogP contribution >= 0.6 is 22.6 Å². The van der Waals surface area contributed by atoms with Crippen molar-refractivity contribution in [3.63, 3.8) is 0 Å². The molecule has 7 nitrogen and oxygen atoms in total. The third-order valence-electron chi connectivity index (χ3n) is 3.83.